The molecule has 0 radical (unpaired) electrons. The van der Waals surface area contributed by atoms with E-state index in [1.807, 2.05) is 0 Å². The minimum absolute atomic E-state index is 0.00413. The Morgan fingerprint density at radius 3 is 2.66 bits per heavy atom. The molecule has 10 nitrogen and oxygen atoms in total. The van der Waals surface area contributed by atoms with Crippen LogP contribution in [0, 0.1) is 5.82 Å². The van der Waals surface area contributed by atoms with Crippen molar-refractivity contribution in [3.63, 3.8) is 0 Å². The second kappa shape index (κ2) is 10.3. The number of hydrogen-bond donors (Lipinski definition) is 2. The van der Waals surface area contributed by atoms with Gasteiger partial charge in [-0.15, -0.1) is 0 Å². The number of anilines is 4. The highest BCUT2D eigenvalue weighted by atomic mass is 19.1. The van der Waals surface area contributed by atoms with Crippen LogP contribution < -0.4 is 20.1 Å². The van der Waals surface area contributed by atoms with Gasteiger partial charge in [-0.05, 0) is 30.3 Å². The fraction of sp³-hybridized carbons (Fsp3) is 0.250. The largest absolute Gasteiger partial charge is 0.486 e. The van der Waals surface area contributed by atoms with Crippen LogP contribution >= 0.6 is 0 Å². The standard InChI is InChI=1S/C24H23FN6O4/c25-19-14-27-24(30-23(19)28-18-4-5-20-21(13-18)35-11-10-34-20)29-17-3-1-2-16(12-17)26-15-22(32)31-6-8-33-9-7-31/h1-5,12-15H,6-11H2,(H2,27,28,29,30). The van der Waals surface area contributed by atoms with Crippen molar-refractivity contribution >= 4 is 41.0 Å². The van der Waals surface area contributed by atoms with Crippen LogP contribution in [0.2, 0.25) is 0 Å². The van der Waals surface area contributed by atoms with Crippen molar-refractivity contribution in [1.82, 2.24) is 14.9 Å². The lowest BCUT2D eigenvalue weighted by Crippen LogP contribution is -2.41. The van der Waals surface area contributed by atoms with E-state index in [1.165, 1.54) is 6.21 Å². The zero-order chi connectivity index (χ0) is 24.0. The van der Waals surface area contributed by atoms with Gasteiger partial charge in [0.2, 0.25) is 5.95 Å². The number of benzene rings is 2. The van der Waals surface area contributed by atoms with Crippen LogP contribution in [0.4, 0.5) is 33.2 Å². The number of nitrogens with one attached hydrogen (secondary N) is 2. The van der Waals surface area contributed by atoms with E-state index < -0.39 is 5.82 Å². The van der Waals surface area contributed by atoms with Crippen molar-refractivity contribution < 1.29 is 23.4 Å². The topological polar surface area (TPSA) is 110 Å². The number of rotatable bonds is 6. The minimum atomic E-state index is -0.606. The summed E-state index contributed by atoms with van der Waals surface area (Å²) in [5.41, 5.74) is 1.81. The van der Waals surface area contributed by atoms with Crippen molar-refractivity contribution in [1.29, 1.82) is 0 Å². The molecule has 0 saturated carbocycles. The van der Waals surface area contributed by atoms with Crippen LogP contribution in [0.1, 0.15) is 0 Å². The van der Waals surface area contributed by atoms with E-state index in [-0.39, 0.29) is 17.7 Å². The van der Waals surface area contributed by atoms with E-state index in [9.17, 15) is 9.18 Å². The van der Waals surface area contributed by atoms with E-state index in [4.69, 9.17) is 14.2 Å². The molecule has 1 fully saturated rings. The molecule has 35 heavy (non-hydrogen) atoms. The van der Waals surface area contributed by atoms with E-state index in [0.717, 1.165) is 6.20 Å². The van der Waals surface area contributed by atoms with Crippen LogP contribution in [-0.2, 0) is 9.53 Å². The molecule has 180 valence electrons. The number of ether oxygens (including phenoxy) is 3. The number of carbonyl (C=O) groups is 1. The summed E-state index contributed by atoms with van der Waals surface area (Å²) >= 11 is 0. The molecule has 3 heterocycles. The quantitative estimate of drug-likeness (QED) is 0.519. The summed E-state index contributed by atoms with van der Waals surface area (Å²) in [5.74, 6) is 0.648. The Hall–Kier alpha value is -4.25. The van der Waals surface area contributed by atoms with Gasteiger partial charge < -0.3 is 29.7 Å². The van der Waals surface area contributed by atoms with Crippen LogP contribution in [-0.4, -0.2) is 66.5 Å². The predicted molar refractivity (Wildman–Crippen MR) is 128 cm³/mol. The molecule has 11 heteroatoms. The van der Waals surface area contributed by atoms with Crippen molar-refractivity contribution in [3.05, 3.63) is 54.5 Å². The van der Waals surface area contributed by atoms with Gasteiger partial charge in [0.25, 0.3) is 5.91 Å². The first-order valence-corrected chi connectivity index (χ1v) is 11.1. The number of aromatic nitrogens is 2. The Bertz CT molecular complexity index is 1250. The average Bonchev–Trinajstić information content (AvgIpc) is 2.90. The molecular formula is C24H23FN6O4. The second-order valence-electron chi connectivity index (χ2n) is 7.74. The smallest absolute Gasteiger partial charge is 0.265 e. The highest BCUT2D eigenvalue weighted by molar-refractivity contribution is 6.26. The maximum absolute atomic E-state index is 14.4. The van der Waals surface area contributed by atoms with Crippen molar-refractivity contribution in [3.8, 4) is 11.5 Å². The number of aliphatic imine (C=N–C) groups is 1. The van der Waals surface area contributed by atoms with Gasteiger partial charge in [-0.25, -0.2) is 9.37 Å². The molecule has 2 N–H and O–H groups in total. The summed E-state index contributed by atoms with van der Waals surface area (Å²) in [4.78, 5) is 26.5. The molecule has 3 aromatic rings. The maximum Gasteiger partial charge on any atom is 0.265 e. The van der Waals surface area contributed by atoms with Crippen molar-refractivity contribution in [2.24, 2.45) is 4.99 Å². The Balaban J connectivity index is 1.27. The fourth-order valence-corrected chi connectivity index (χ4v) is 3.56. The third-order valence-corrected chi connectivity index (χ3v) is 5.30. The Labute approximate surface area is 200 Å². The van der Waals surface area contributed by atoms with Gasteiger partial charge >= 0.3 is 0 Å². The van der Waals surface area contributed by atoms with Gasteiger partial charge in [-0.2, -0.15) is 4.98 Å². The number of nitrogens with zero attached hydrogens (tertiary/aromatic N) is 4. The molecule has 0 unspecified atom stereocenters. The molecule has 2 aromatic carbocycles. The zero-order valence-corrected chi connectivity index (χ0v) is 18.7. The predicted octanol–water partition coefficient (Wildman–Crippen LogP) is 3.44. The summed E-state index contributed by atoms with van der Waals surface area (Å²) < 4.78 is 30.7. The Morgan fingerprint density at radius 2 is 1.80 bits per heavy atom. The Kier molecular flexibility index (Phi) is 6.66. The molecule has 1 saturated heterocycles. The van der Waals surface area contributed by atoms with Gasteiger partial charge in [0.15, 0.2) is 23.1 Å². The average molecular weight is 478 g/mol. The van der Waals surface area contributed by atoms with E-state index in [0.29, 0.717) is 68.1 Å². The lowest BCUT2D eigenvalue weighted by Gasteiger charge is -2.25. The number of fused-ring (bicyclic) bond motifs is 1. The van der Waals surface area contributed by atoms with Gasteiger partial charge in [0.1, 0.15) is 13.2 Å². The minimum Gasteiger partial charge on any atom is -0.486 e. The molecule has 0 atom stereocenters. The molecule has 0 aliphatic carbocycles. The maximum atomic E-state index is 14.4. The summed E-state index contributed by atoms with van der Waals surface area (Å²) in [5, 5.41) is 5.99. The highest BCUT2D eigenvalue weighted by Crippen LogP contribution is 2.33. The number of halogens is 1. The van der Waals surface area contributed by atoms with Crippen LogP contribution in [0.5, 0.6) is 11.5 Å². The summed E-state index contributed by atoms with van der Waals surface area (Å²) in [6.45, 7) is 3.11. The first-order chi connectivity index (χ1) is 17.1. The van der Waals surface area contributed by atoms with E-state index in [1.54, 1.807) is 47.4 Å². The van der Waals surface area contributed by atoms with Gasteiger partial charge in [0, 0.05) is 30.5 Å². The molecule has 0 bridgehead atoms. The lowest BCUT2D eigenvalue weighted by molar-refractivity contribution is -0.127. The molecule has 2 aliphatic heterocycles. The SMILES string of the molecule is O=C(C=Nc1cccc(Nc2ncc(F)c(Nc3ccc4c(c3)OCCO4)n2)c1)N1CCOCC1. The molecular weight excluding hydrogens is 455 g/mol. The Morgan fingerprint density at radius 1 is 1.00 bits per heavy atom. The lowest BCUT2D eigenvalue weighted by atomic mass is 10.2. The first kappa shape index (κ1) is 22.5. The van der Waals surface area contributed by atoms with Crippen molar-refractivity contribution in [2.45, 2.75) is 0 Å². The van der Waals surface area contributed by atoms with E-state index in [2.05, 4.69) is 25.6 Å². The first-order valence-electron chi connectivity index (χ1n) is 11.1. The second-order valence-corrected chi connectivity index (χ2v) is 7.74. The number of hydrogen-bond acceptors (Lipinski definition) is 9. The monoisotopic (exact) mass is 478 g/mol. The highest BCUT2D eigenvalue weighted by Gasteiger charge is 2.15. The molecule has 0 spiro atoms. The number of amides is 1. The van der Waals surface area contributed by atoms with Crippen molar-refractivity contribution in [2.75, 3.05) is 50.2 Å². The molecule has 1 aromatic heterocycles. The molecule has 5 rings (SSSR count). The number of carbonyl (C=O) groups excluding carboxylic acids is 1. The van der Waals surface area contributed by atoms with Gasteiger partial charge in [-0.1, -0.05) is 6.07 Å². The zero-order valence-electron chi connectivity index (χ0n) is 18.7. The normalized spacial score (nSPS) is 15.2. The third kappa shape index (κ3) is 5.64. The molecule has 1 amide bonds. The fourth-order valence-electron chi connectivity index (χ4n) is 3.56. The van der Waals surface area contributed by atoms with Crippen LogP contribution in [0.25, 0.3) is 0 Å². The summed E-state index contributed by atoms with van der Waals surface area (Å²) in [6, 6.07) is 12.3. The summed E-state index contributed by atoms with van der Waals surface area (Å²) in [6.07, 6.45) is 2.38. The van der Waals surface area contributed by atoms with Gasteiger partial charge in [0.05, 0.1) is 31.3 Å². The van der Waals surface area contributed by atoms with Crippen LogP contribution in [0.15, 0.2) is 53.7 Å². The molecule has 2 aliphatic rings. The third-order valence-electron chi connectivity index (χ3n) is 5.30. The van der Waals surface area contributed by atoms with E-state index >= 15 is 0 Å². The van der Waals surface area contributed by atoms with Gasteiger partial charge in [-0.3, -0.25) is 9.79 Å². The summed E-state index contributed by atoms with van der Waals surface area (Å²) in [7, 11) is 0. The van der Waals surface area contributed by atoms with Crippen LogP contribution in [0.3, 0.4) is 0 Å². The number of morpholine rings is 1.